The average Bonchev–Trinajstić information content (AvgIpc) is 2.26. The lowest BCUT2D eigenvalue weighted by molar-refractivity contribution is -0.138. The Morgan fingerprint density at radius 2 is 1.72 bits per heavy atom. The zero-order valence-corrected chi connectivity index (χ0v) is 9.12. The minimum absolute atomic E-state index is 0.0504. The molecule has 4 nitrogen and oxygen atoms in total. The molecule has 0 bridgehead atoms. The highest BCUT2D eigenvalue weighted by atomic mass is 19.4. The molecule has 98 valence electrons. The van der Waals surface area contributed by atoms with E-state index in [1.807, 2.05) is 0 Å². The van der Waals surface area contributed by atoms with E-state index in [1.54, 1.807) is 5.32 Å². The first-order valence-corrected chi connectivity index (χ1v) is 4.93. The molecular formula is C11H10F3NO3. The van der Waals surface area contributed by atoms with Crippen molar-refractivity contribution in [3.8, 4) is 0 Å². The van der Waals surface area contributed by atoms with Crippen LogP contribution in [0.2, 0.25) is 0 Å². The summed E-state index contributed by atoms with van der Waals surface area (Å²) in [5.41, 5.74) is 0.495. The number of amides is 1. The van der Waals surface area contributed by atoms with E-state index in [0.717, 1.165) is 0 Å². The molecule has 7 heteroatoms. The van der Waals surface area contributed by atoms with Crippen molar-refractivity contribution in [1.82, 2.24) is 5.32 Å². The van der Waals surface area contributed by atoms with Gasteiger partial charge in [0.2, 0.25) is 5.91 Å². The van der Waals surface area contributed by atoms with Crippen molar-refractivity contribution in [3.05, 3.63) is 35.4 Å². The standard InChI is InChI=1S/C11H10F3NO3/c12-11(13,14)6-15-9(16)5-7-1-3-8(4-2-7)10(17)18/h1-4H,5-6H2,(H,15,16)(H,17,18). The van der Waals surface area contributed by atoms with Gasteiger partial charge < -0.3 is 10.4 Å². The molecule has 0 radical (unpaired) electrons. The molecule has 1 rings (SSSR count). The third kappa shape index (κ3) is 4.86. The summed E-state index contributed by atoms with van der Waals surface area (Å²) in [7, 11) is 0. The molecule has 0 spiro atoms. The van der Waals surface area contributed by atoms with Crippen LogP contribution in [0.25, 0.3) is 0 Å². The highest BCUT2D eigenvalue weighted by Gasteiger charge is 2.27. The summed E-state index contributed by atoms with van der Waals surface area (Å²) < 4.78 is 35.4. The molecule has 0 aliphatic rings. The van der Waals surface area contributed by atoms with Crippen molar-refractivity contribution in [1.29, 1.82) is 0 Å². The Morgan fingerprint density at radius 3 is 2.17 bits per heavy atom. The zero-order valence-electron chi connectivity index (χ0n) is 9.12. The van der Waals surface area contributed by atoms with Crippen LogP contribution >= 0.6 is 0 Å². The Hall–Kier alpha value is -2.05. The lowest BCUT2D eigenvalue weighted by atomic mass is 10.1. The van der Waals surface area contributed by atoms with Gasteiger partial charge in [0.25, 0.3) is 0 Å². The van der Waals surface area contributed by atoms with Crippen molar-refractivity contribution in [2.75, 3.05) is 6.54 Å². The monoisotopic (exact) mass is 261 g/mol. The van der Waals surface area contributed by atoms with Gasteiger partial charge in [0.15, 0.2) is 0 Å². The van der Waals surface area contributed by atoms with Crippen molar-refractivity contribution in [2.24, 2.45) is 0 Å². The number of benzene rings is 1. The van der Waals surface area contributed by atoms with Crippen LogP contribution in [0.15, 0.2) is 24.3 Å². The summed E-state index contributed by atoms with van der Waals surface area (Å²) in [6.07, 6.45) is -4.67. The molecule has 0 atom stereocenters. The number of carbonyl (C=O) groups excluding carboxylic acids is 1. The quantitative estimate of drug-likeness (QED) is 0.865. The van der Waals surface area contributed by atoms with E-state index in [2.05, 4.69) is 0 Å². The fourth-order valence-electron chi connectivity index (χ4n) is 1.21. The van der Waals surface area contributed by atoms with Gasteiger partial charge >= 0.3 is 12.1 Å². The number of hydrogen-bond donors (Lipinski definition) is 2. The third-order valence-electron chi connectivity index (χ3n) is 2.05. The summed E-state index contributed by atoms with van der Waals surface area (Å²) in [4.78, 5) is 21.7. The van der Waals surface area contributed by atoms with Crippen LogP contribution in [0.3, 0.4) is 0 Å². The smallest absolute Gasteiger partial charge is 0.405 e. The Bertz CT molecular complexity index is 440. The van der Waals surface area contributed by atoms with Gasteiger partial charge in [0, 0.05) is 0 Å². The molecule has 0 saturated carbocycles. The molecule has 0 saturated heterocycles. The van der Waals surface area contributed by atoms with Crippen molar-refractivity contribution in [3.63, 3.8) is 0 Å². The van der Waals surface area contributed by atoms with E-state index in [-0.39, 0.29) is 12.0 Å². The molecule has 2 N–H and O–H groups in total. The summed E-state index contributed by atoms with van der Waals surface area (Å²) in [6.45, 7) is -1.38. The van der Waals surface area contributed by atoms with E-state index >= 15 is 0 Å². The van der Waals surface area contributed by atoms with Crippen molar-refractivity contribution in [2.45, 2.75) is 12.6 Å². The lowest BCUT2D eigenvalue weighted by Gasteiger charge is -2.08. The number of halogens is 3. The summed E-state index contributed by atoms with van der Waals surface area (Å²) in [5.74, 6) is -1.88. The first-order chi connectivity index (χ1) is 8.28. The van der Waals surface area contributed by atoms with Gasteiger partial charge in [-0.15, -0.1) is 0 Å². The van der Waals surface area contributed by atoms with Crippen molar-refractivity contribution < 1.29 is 27.9 Å². The highest BCUT2D eigenvalue weighted by molar-refractivity contribution is 5.87. The van der Waals surface area contributed by atoms with Gasteiger partial charge in [-0.1, -0.05) is 12.1 Å². The maximum atomic E-state index is 11.8. The van der Waals surface area contributed by atoms with Crippen LogP contribution in [0.5, 0.6) is 0 Å². The fourth-order valence-corrected chi connectivity index (χ4v) is 1.21. The number of nitrogens with one attached hydrogen (secondary N) is 1. The van der Waals surface area contributed by atoms with E-state index in [4.69, 9.17) is 5.11 Å². The number of carboxylic acid groups (broad SMARTS) is 1. The lowest BCUT2D eigenvalue weighted by Crippen LogP contribution is -2.34. The summed E-state index contributed by atoms with van der Waals surface area (Å²) in [6, 6.07) is 5.34. The van der Waals surface area contributed by atoms with Crippen LogP contribution in [0.4, 0.5) is 13.2 Å². The molecule has 1 aromatic carbocycles. The summed E-state index contributed by atoms with van der Waals surface area (Å²) in [5, 5.41) is 10.4. The first-order valence-electron chi connectivity index (χ1n) is 4.93. The number of rotatable bonds is 4. The Morgan fingerprint density at radius 1 is 1.17 bits per heavy atom. The van der Waals surface area contributed by atoms with Crippen LogP contribution < -0.4 is 5.32 Å². The Balaban J connectivity index is 2.52. The Labute approximate surface area is 100 Å². The second kappa shape index (κ2) is 5.52. The zero-order chi connectivity index (χ0) is 13.8. The maximum absolute atomic E-state index is 11.8. The van der Waals surface area contributed by atoms with Gasteiger partial charge in [-0.3, -0.25) is 4.79 Å². The molecule has 0 aliphatic heterocycles. The van der Waals surface area contributed by atoms with Gasteiger partial charge in [-0.25, -0.2) is 4.79 Å². The van der Waals surface area contributed by atoms with Gasteiger partial charge in [0.1, 0.15) is 6.54 Å². The second-order valence-corrected chi connectivity index (χ2v) is 3.57. The molecule has 1 amide bonds. The molecule has 0 aliphatic carbocycles. The van der Waals surface area contributed by atoms with Crippen LogP contribution in [0.1, 0.15) is 15.9 Å². The van der Waals surface area contributed by atoms with Crippen LogP contribution in [-0.4, -0.2) is 29.7 Å². The van der Waals surface area contributed by atoms with Crippen LogP contribution in [-0.2, 0) is 11.2 Å². The fraction of sp³-hybridized carbons (Fsp3) is 0.273. The molecule has 1 aromatic rings. The molecule has 18 heavy (non-hydrogen) atoms. The molecule has 0 aromatic heterocycles. The SMILES string of the molecule is O=C(Cc1ccc(C(=O)O)cc1)NCC(F)(F)F. The normalized spacial score (nSPS) is 11.1. The molecule has 0 unspecified atom stereocenters. The number of hydrogen-bond acceptors (Lipinski definition) is 2. The topological polar surface area (TPSA) is 66.4 Å². The Kier molecular flexibility index (Phi) is 4.30. The van der Waals surface area contributed by atoms with Gasteiger partial charge in [-0.2, -0.15) is 13.2 Å². The number of aromatic carboxylic acids is 1. The van der Waals surface area contributed by atoms with Crippen molar-refractivity contribution >= 4 is 11.9 Å². The molecular weight excluding hydrogens is 251 g/mol. The number of carbonyl (C=O) groups is 2. The predicted molar refractivity (Wildman–Crippen MR) is 56.2 cm³/mol. The minimum Gasteiger partial charge on any atom is -0.478 e. The minimum atomic E-state index is -4.44. The van der Waals surface area contributed by atoms with Gasteiger partial charge in [0.05, 0.1) is 12.0 Å². The maximum Gasteiger partial charge on any atom is 0.405 e. The summed E-state index contributed by atoms with van der Waals surface area (Å²) >= 11 is 0. The van der Waals surface area contributed by atoms with E-state index in [9.17, 15) is 22.8 Å². The number of carboxylic acids is 1. The highest BCUT2D eigenvalue weighted by Crippen LogP contribution is 2.12. The van der Waals surface area contributed by atoms with E-state index < -0.39 is 24.6 Å². The third-order valence-corrected chi connectivity index (χ3v) is 2.05. The van der Waals surface area contributed by atoms with E-state index in [1.165, 1.54) is 24.3 Å². The largest absolute Gasteiger partial charge is 0.478 e. The second-order valence-electron chi connectivity index (χ2n) is 3.57. The molecule has 0 fully saturated rings. The first kappa shape index (κ1) is 14.0. The average molecular weight is 261 g/mol. The molecule has 0 heterocycles. The number of alkyl halides is 3. The van der Waals surface area contributed by atoms with Crippen LogP contribution in [0, 0.1) is 0 Å². The predicted octanol–water partition coefficient (Wildman–Crippen LogP) is 1.61. The van der Waals surface area contributed by atoms with E-state index in [0.29, 0.717) is 5.56 Å². The van der Waals surface area contributed by atoms with Gasteiger partial charge in [-0.05, 0) is 17.7 Å².